The molecule has 0 bridgehead atoms. The van der Waals surface area contributed by atoms with Gasteiger partial charge in [-0.1, -0.05) is 42.5 Å². The Morgan fingerprint density at radius 3 is 2.50 bits per heavy atom. The number of nitrogens with two attached hydrogens (primary N) is 1. The van der Waals surface area contributed by atoms with Crippen LogP contribution in [0.2, 0.25) is 10.0 Å². The zero-order chi connectivity index (χ0) is 15.8. The summed E-state index contributed by atoms with van der Waals surface area (Å²) in [6.45, 7) is 0.931. The van der Waals surface area contributed by atoms with Crippen molar-refractivity contribution in [3.8, 4) is 5.75 Å². The lowest BCUT2D eigenvalue weighted by Gasteiger charge is -2.20. The van der Waals surface area contributed by atoms with Gasteiger partial charge in [-0.15, -0.1) is 0 Å². The number of halogens is 2. The van der Waals surface area contributed by atoms with Gasteiger partial charge in [0.15, 0.2) is 0 Å². The van der Waals surface area contributed by atoms with E-state index in [9.17, 15) is 5.11 Å². The highest BCUT2D eigenvalue weighted by Crippen LogP contribution is 2.27. The highest BCUT2D eigenvalue weighted by Gasteiger charge is 2.16. The molecule has 1 fully saturated rings. The lowest BCUT2D eigenvalue weighted by atomic mass is 9.96. The van der Waals surface area contributed by atoms with Crippen molar-refractivity contribution in [1.29, 1.82) is 0 Å². The first-order valence-electron chi connectivity index (χ1n) is 8.24. The normalized spacial score (nSPS) is 18.5. The van der Waals surface area contributed by atoms with Gasteiger partial charge in [0.1, 0.15) is 25.0 Å². The van der Waals surface area contributed by atoms with Crippen LogP contribution in [0.3, 0.4) is 0 Å². The summed E-state index contributed by atoms with van der Waals surface area (Å²) in [5.74, 6) is 0.566. The Bertz CT molecular complexity index is 448. The number of benzene rings is 1. The highest BCUT2D eigenvalue weighted by atomic mass is 35.5. The molecule has 3 N–H and O–H groups in total. The van der Waals surface area contributed by atoms with Crippen LogP contribution in [0.5, 0.6) is 5.75 Å². The standard InChI is InChI=1S/C17H25Cl2NO2/c18-13-8-9-17(16(19)10-13)22-12-15(21)11-20-14-6-4-2-1-3-5-7-14/h8-10,14-15,20-21H,1-7,11-12H2/p+1/t15-/m1/s1. The fourth-order valence-corrected chi connectivity index (χ4v) is 3.38. The molecular formula is C17H26Cl2NO2+. The zero-order valence-corrected chi connectivity index (χ0v) is 14.5. The molecule has 1 aromatic carbocycles. The summed E-state index contributed by atoms with van der Waals surface area (Å²) in [7, 11) is 0. The fourth-order valence-electron chi connectivity index (χ4n) is 2.92. The molecule has 0 unspecified atom stereocenters. The molecule has 1 aliphatic carbocycles. The number of hydrogen-bond acceptors (Lipinski definition) is 2. The van der Waals surface area contributed by atoms with Gasteiger partial charge in [-0.3, -0.25) is 0 Å². The summed E-state index contributed by atoms with van der Waals surface area (Å²) in [5, 5.41) is 13.4. The van der Waals surface area contributed by atoms with Crippen LogP contribution in [0.4, 0.5) is 0 Å². The second kappa shape index (κ2) is 9.61. The average Bonchev–Trinajstić information content (AvgIpc) is 2.45. The van der Waals surface area contributed by atoms with Crippen LogP contribution < -0.4 is 10.1 Å². The zero-order valence-electron chi connectivity index (χ0n) is 12.9. The first-order valence-corrected chi connectivity index (χ1v) is 9.00. The van der Waals surface area contributed by atoms with Gasteiger partial charge in [-0.25, -0.2) is 0 Å². The van der Waals surface area contributed by atoms with Gasteiger partial charge in [0, 0.05) is 5.02 Å². The molecule has 0 saturated heterocycles. The molecular weight excluding hydrogens is 321 g/mol. The first kappa shape index (κ1) is 17.9. The van der Waals surface area contributed by atoms with Crippen molar-refractivity contribution >= 4 is 23.2 Å². The molecule has 2 rings (SSSR count). The van der Waals surface area contributed by atoms with E-state index in [4.69, 9.17) is 27.9 Å². The molecule has 124 valence electrons. The SMILES string of the molecule is O[C@H](C[NH2+]C1CCCCCCC1)COc1ccc(Cl)cc1Cl. The van der Waals surface area contributed by atoms with Crippen molar-refractivity contribution in [1.82, 2.24) is 0 Å². The molecule has 0 aliphatic heterocycles. The second-order valence-corrected chi connectivity index (χ2v) is 6.96. The monoisotopic (exact) mass is 346 g/mol. The third kappa shape index (κ3) is 6.33. The van der Waals surface area contributed by atoms with Crippen molar-refractivity contribution < 1.29 is 15.2 Å². The minimum atomic E-state index is -0.489. The topological polar surface area (TPSA) is 46.1 Å². The Hall–Kier alpha value is -0.480. The van der Waals surface area contributed by atoms with Crippen molar-refractivity contribution in [3.63, 3.8) is 0 Å². The maximum atomic E-state index is 10.1. The summed E-state index contributed by atoms with van der Waals surface area (Å²) >= 11 is 11.9. The molecule has 3 nitrogen and oxygen atoms in total. The minimum Gasteiger partial charge on any atom is -0.489 e. The Morgan fingerprint density at radius 2 is 1.82 bits per heavy atom. The maximum absolute atomic E-state index is 10.1. The van der Waals surface area contributed by atoms with Crippen LogP contribution in [-0.2, 0) is 0 Å². The van der Waals surface area contributed by atoms with Crippen molar-refractivity contribution in [2.75, 3.05) is 13.2 Å². The number of aliphatic hydroxyl groups is 1. The highest BCUT2D eigenvalue weighted by molar-refractivity contribution is 6.35. The van der Waals surface area contributed by atoms with Crippen molar-refractivity contribution in [2.24, 2.45) is 0 Å². The molecule has 0 heterocycles. The number of rotatable bonds is 6. The molecule has 1 saturated carbocycles. The third-order valence-electron chi connectivity index (χ3n) is 4.22. The summed E-state index contributed by atoms with van der Waals surface area (Å²) in [6.07, 6.45) is 8.74. The van der Waals surface area contributed by atoms with E-state index < -0.39 is 6.10 Å². The molecule has 0 amide bonds. The van der Waals surface area contributed by atoms with Gasteiger partial charge in [-0.05, 0) is 43.9 Å². The van der Waals surface area contributed by atoms with Gasteiger partial charge >= 0.3 is 0 Å². The average molecular weight is 347 g/mol. The summed E-state index contributed by atoms with van der Waals surface area (Å²) in [6, 6.07) is 5.76. The Labute approximate surface area is 143 Å². The van der Waals surface area contributed by atoms with E-state index in [1.165, 1.54) is 44.9 Å². The Kier molecular flexibility index (Phi) is 7.81. The van der Waals surface area contributed by atoms with Gasteiger partial charge in [0.05, 0.1) is 11.1 Å². The van der Waals surface area contributed by atoms with E-state index in [2.05, 4.69) is 5.32 Å². The van der Waals surface area contributed by atoms with Crippen LogP contribution in [0.25, 0.3) is 0 Å². The molecule has 22 heavy (non-hydrogen) atoms. The van der Waals surface area contributed by atoms with Gasteiger partial charge in [-0.2, -0.15) is 0 Å². The molecule has 1 atom stereocenters. The van der Waals surface area contributed by atoms with Crippen LogP contribution in [-0.4, -0.2) is 30.4 Å². The van der Waals surface area contributed by atoms with Gasteiger partial charge < -0.3 is 15.2 Å². The summed E-state index contributed by atoms with van der Waals surface area (Å²) < 4.78 is 5.58. The molecule has 0 aromatic heterocycles. The molecule has 0 spiro atoms. The lowest BCUT2D eigenvalue weighted by molar-refractivity contribution is -0.696. The second-order valence-electron chi connectivity index (χ2n) is 6.12. The third-order valence-corrected chi connectivity index (χ3v) is 4.75. The quantitative estimate of drug-likeness (QED) is 0.828. The number of aliphatic hydroxyl groups excluding tert-OH is 1. The van der Waals surface area contributed by atoms with E-state index in [1.54, 1.807) is 18.2 Å². The smallest absolute Gasteiger partial charge is 0.138 e. The first-order chi connectivity index (χ1) is 10.6. The van der Waals surface area contributed by atoms with Crippen LogP contribution in [0.15, 0.2) is 18.2 Å². The minimum absolute atomic E-state index is 0.255. The predicted octanol–water partition coefficient (Wildman–Crippen LogP) is 3.41. The molecule has 1 aliphatic rings. The van der Waals surface area contributed by atoms with Crippen molar-refractivity contribution in [3.05, 3.63) is 28.2 Å². The van der Waals surface area contributed by atoms with Crippen LogP contribution in [0.1, 0.15) is 44.9 Å². The summed E-state index contributed by atoms with van der Waals surface area (Å²) in [4.78, 5) is 0. The maximum Gasteiger partial charge on any atom is 0.138 e. The van der Waals surface area contributed by atoms with E-state index >= 15 is 0 Å². The van der Waals surface area contributed by atoms with E-state index in [-0.39, 0.29) is 6.61 Å². The fraction of sp³-hybridized carbons (Fsp3) is 0.647. The summed E-state index contributed by atoms with van der Waals surface area (Å²) in [5.41, 5.74) is 0. The van der Waals surface area contributed by atoms with Crippen LogP contribution >= 0.6 is 23.2 Å². The molecule has 5 heteroatoms. The predicted molar refractivity (Wildman–Crippen MR) is 90.9 cm³/mol. The van der Waals surface area contributed by atoms with Gasteiger partial charge in [0.25, 0.3) is 0 Å². The number of hydrogen-bond donors (Lipinski definition) is 2. The van der Waals surface area contributed by atoms with Crippen LogP contribution in [0, 0.1) is 0 Å². The molecule has 0 radical (unpaired) electrons. The van der Waals surface area contributed by atoms with E-state index in [0.29, 0.717) is 28.4 Å². The lowest BCUT2D eigenvalue weighted by Crippen LogP contribution is -2.92. The van der Waals surface area contributed by atoms with E-state index in [0.717, 1.165) is 0 Å². The number of quaternary nitrogens is 1. The Balaban J connectivity index is 1.69. The van der Waals surface area contributed by atoms with Crippen molar-refractivity contribution in [2.45, 2.75) is 57.1 Å². The number of ether oxygens (including phenoxy) is 1. The van der Waals surface area contributed by atoms with Gasteiger partial charge in [0.2, 0.25) is 0 Å². The van der Waals surface area contributed by atoms with E-state index in [1.807, 2.05) is 0 Å². The largest absolute Gasteiger partial charge is 0.489 e. The Morgan fingerprint density at radius 1 is 1.14 bits per heavy atom. The molecule has 1 aromatic rings.